The highest BCUT2D eigenvalue weighted by Crippen LogP contribution is 2.23. The Hall–Kier alpha value is -0.530. The molecular weight excluding hydrogens is 413 g/mol. The lowest BCUT2D eigenvalue weighted by Crippen LogP contribution is -2.45. The molecule has 0 aliphatic carbocycles. The Morgan fingerprint density at radius 3 is 2.77 bits per heavy atom. The molecule has 1 aromatic rings. The van der Waals surface area contributed by atoms with Gasteiger partial charge in [-0.25, -0.2) is 0 Å². The van der Waals surface area contributed by atoms with Gasteiger partial charge in [0.05, 0.1) is 5.60 Å². The number of halogens is 2. The van der Waals surface area contributed by atoms with Crippen LogP contribution in [0.2, 0.25) is 5.02 Å². The van der Waals surface area contributed by atoms with Crippen molar-refractivity contribution in [1.82, 2.24) is 10.6 Å². The molecule has 1 unspecified atom stereocenters. The van der Waals surface area contributed by atoms with Gasteiger partial charge in [0.2, 0.25) is 0 Å². The minimum absolute atomic E-state index is 0. The van der Waals surface area contributed by atoms with E-state index < -0.39 is 0 Å². The van der Waals surface area contributed by atoms with Crippen molar-refractivity contribution in [2.24, 2.45) is 4.99 Å². The largest absolute Gasteiger partial charge is 0.373 e. The molecule has 0 aromatic heterocycles. The van der Waals surface area contributed by atoms with E-state index in [-0.39, 0.29) is 29.6 Å². The second-order valence-electron chi connectivity index (χ2n) is 5.60. The van der Waals surface area contributed by atoms with Crippen LogP contribution < -0.4 is 10.6 Å². The lowest BCUT2D eigenvalue weighted by atomic mass is 10.0. The maximum absolute atomic E-state index is 6.15. The third-order valence-electron chi connectivity index (χ3n) is 3.80. The van der Waals surface area contributed by atoms with E-state index in [1.165, 1.54) is 0 Å². The summed E-state index contributed by atoms with van der Waals surface area (Å²) in [4.78, 5) is 4.24. The third-order valence-corrected chi connectivity index (χ3v) is 4.17. The zero-order valence-electron chi connectivity index (χ0n) is 13.2. The maximum atomic E-state index is 6.15. The van der Waals surface area contributed by atoms with Gasteiger partial charge >= 0.3 is 0 Å². The van der Waals surface area contributed by atoms with Crippen LogP contribution in [0.1, 0.15) is 25.3 Å². The molecule has 0 bridgehead atoms. The van der Waals surface area contributed by atoms with Crippen molar-refractivity contribution >= 4 is 41.5 Å². The van der Waals surface area contributed by atoms with E-state index in [4.69, 9.17) is 16.3 Å². The number of rotatable bonds is 5. The Morgan fingerprint density at radius 2 is 2.14 bits per heavy atom. The minimum Gasteiger partial charge on any atom is -0.373 e. The van der Waals surface area contributed by atoms with Crippen LogP contribution in [-0.4, -0.2) is 38.3 Å². The quantitative estimate of drug-likeness (QED) is 0.422. The van der Waals surface area contributed by atoms with Crippen molar-refractivity contribution in [1.29, 1.82) is 0 Å². The van der Waals surface area contributed by atoms with E-state index in [0.717, 1.165) is 55.5 Å². The molecule has 6 heteroatoms. The van der Waals surface area contributed by atoms with Crippen LogP contribution >= 0.6 is 35.6 Å². The van der Waals surface area contributed by atoms with Crippen LogP contribution in [0.15, 0.2) is 29.3 Å². The predicted molar refractivity (Wildman–Crippen MR) is 104 cm³/mol. The smallest absolute Gasteiger partial charge is 0.191 e. The first kappa shape index (κ1) is 19.5. The Kier molecular flexibility index (Phi) is 8.49. The Bertz CT molecular complexity index is 490. The van der Waals surface area contributed by atoms with Gasteiger partial charge in [-0.2, -0.15) is 0 Å². The van der Waals surface area contributed by atoms with Crippen LogP contribution in [0.4, 0.5) is 0 Å². The van der Waals surface area contributed by atoms with Crippen molar-refractivity contribution < 1.29 is 4.74 Å². The average Bonchev–Trinajstić information content (AvgIpc) is 2.91. The molecular formula is C16H25ClIN3O. The fourth-order valence-corrected chi connectivity index (χ4v) is 2.71. The molecule has 0 spiro atoms. The van der Waals surface area contributed by atoms with Gasteiger partial charge in [-0.1, -0.05) is 29.8 Å². The van der Waals surface area contributed by atoms with Crippen LogP contribution in [0.3, 0.4) is 0 Å². The van der Waals surface area contributed by atoms with Crippen molar-refractivity contribution in [2.45, 2.75) is 31.8 Å². The van der Waals surface area contributed by atoms with Gasteiger partial charge in [0.25, 0.3) is 0 Å². The highest BCUT2D eigenvalue weighted by molar-refractivity contribution is 14.0. The summed E-state index contributed by atoms with van der Waals surface area (Å²) >= 11 is 6.15. The number of guanidine groups is 1. The fourth-order valence-electron chi connectivity index (χ4n) is 2.48. The second-order valence-corrected chi connectivity index (χ2v) is 6.00. The Balaban J connectivity index is 0.00000242. The first-order chi connectivity index (χ1) is 10.1. The molecule has 1 aliphatic heterocycles. The number of benzene rings is 1. The van der Waals surface area contributed by atoms with E-state index in [1.54, 1.807) is 7.05 Å². The van der Waals surface area contributed by atoms with Gasteiger partial charge < -0.3 is 15.4 Å². The maximum Gasteiger partial charge on any atom is 0.191 e. The van der Waals surface area contributed by atoms with Gasteiger partial charge in [-0.3, -0.25) is 4.99 Å². The van der Waals surface area contributed by atoms with Crippen molar-refractivity contribution in [3.63, 3.8) is 0 Å². The number of aliphatic imine (C=N–C) groups is 1. The second kappa shape index (κ2) is 9.57. The summed E-state index contributed by atoms with van der Waals surface area (Å²) < 4.78 is 5.76. The number of nitrogens with one attached hydrogen (secondary N) is 2. The molecule has 1 saturated heterocycles. The number of nitrogens with zero attached hydrogens (tertiary/aromatic N) is 1. The Labute approximate surface area is 155 Å². The molecule has 124 valence electrons. The van der Waals surface area contributed by atoms with Crippen LogP contribution in [-0.2, 0) is 11.2 Å². The van der Waals surface area contributed by atoms with E-state index in [1.807, 2.05) is 24.3 Å². The minimum atomic E-state index is -0.0691. The van der Waals surface area contributed by atoms with Gasteiger partial charge in [-0.05, 0) is 37.8 Å². The molecule has 2 rings (SSSR count). The molecule has 1 aromatic carbocycles. The summed E-state index contributed by atoms with van der Waals surface area (Å²) in [5.41, 5.74) is 1.08. The average molecular weight is 438 g/mol. The zero-order valence-corrected chi connectivity index (χ0v) is 16.3. The molecule has 4 nitrogen and oxygen atoms in total. The van der Waals surface area contributed by atoms with Gasteiger partial charge in [0, 0.05) is 31.8 Å². The molecule has 0 radical (unpaired) electrons. The summed E-state index contributed by atoms with van der Waals surface area (Å²) in [6.07, 6.45) is 3.10. The molecule has 1 atom stereocenters. The number of ether oxygens (including phenoxy) is 1. The van der Waals surface area contributed by atoms with Gasteiger partial charge in [0.1, 0.15) is 0 Å². The highest BCUT2D eigenvalue weighted by Gasteiger charge is 2.29. The van der Waals surface area contributed by atoms with Crippen LogP contribution in [0, 0.1) is 0 Å². The van der Waals surface area contributed by atoms with Crippen LogP contribution in [0.5, 0.6) is 0 Å². The summed E-state index contributed by atoms with van der Waals surface area (Å²) in [5.74, 6) is 0.804. The molecule has 2 N–H and O–H groups in total. The number of hydrogen-bond donors (Lipinski definition) is 2. The highest BCUT2D eigenvalue weighted by atomic mass is 127. The molecule has 1 fully saturated rings. The van der Waals surface area contributed by atoms with Gasteiger partial charge in [-0.15, -0.1) is 24.0 Å². The van der Waals surface area contributed by atoms with E-state index in [9.17, 15) is 0 Å². The SMILES string of the molecule is CN=C(NCCc1ccccc1Cl)NCC1(C)CCCO1.I. The molecule has 0 amide bonds. The normalized spacial score (nSPS) is 21.3. The molecule has 0 saturated carbocycles. The van der Waals surface area contributed by atoms with E-state index >= 15 is 0 Å². The predicted octanol–water partition coefficient (Wildman–Crippen LogP) is 3.23. The lowest BCUT2D eigenvalue weighted by molar-refractivity contribution is 0.0243. The molecule has 1 heterocycles. The van der Waals surface area contributed by atoms with Gasteiger partial charge in [0.15, 0.2) is 5.96 Å². The Morgan fingerprint density at radius 1 is 1.36 bits per heavy atom. The summed E-state index contributed by atoms with van der Waals surface area (Å²) in [5, 5.41) is 7.46. The monoisotopic (exact) mass is 437 g/mol. The summed E-state index contributed by atoms with van der Waals surface area (Å²) in [6.45, 7) is 4.57. The topological polar surface area (TPSA) is 45.7 Å². The lowest BCUT2D eigenvalue weighted by Gasteiger charge is -2.24. The zero-order chi connectivity index (χ0) is 15.1. The van der Waals surface area contributed by atoms with Crippen molar-refractivity contribution in [2.75, 3.05) is 26.7 Å². The van der Waals surface area contributed by atoms with E-state index in [2.05, 4.69) is 22.5 Å². The number of hydrogen-bond acceptors (Lipinski definition) is 2. The van der Waals surface area contributed by atoms with E-state index in [0.29, 0.717) is 0 Å². The summed E-state index contributed by atoms with van der Waals surface area (Å²) in [7, 11) is 1.78. The van der Waals surface area contributed by atoms with Crippen molar-refractivity contribution in [3.8, 4) is 0 Å². The summed E-state index contributed by atoms with van der Waals surface area (Å²) in [6, 6.07) is 7.92. The first-order valence-electron chi connectivity index (χ1n) is 7.45. The third kappa shape index (κ3) is 5.93. The first-order valence-corrected chi connectivity index (χ1v) is 7.83. The van der Waals surface area contributed by atoms with Crippen LogP contribution in [0.25, 0.3) is 0 Å². The fraction of sp³-hybridized carbons (Fsp3) is 0.562. The van der Waals surface area contributed by atoms with Crippen molar-refractivity contribution in [3.05, 3.63) is 34.9 Å². The standard InChI is InChI=1S/C16H24ClN3O.HI/c1-16(9-5-11-21-16)12-20-15(18-2)19-10-8-13-6-3-4-7-14(13)17;/h3-4,6-7H,5,8-12H2,1-2H3,(H2,18,19,20);1H. The molecule has 1 aliphatic rings. The molecule has 22 heavy (non-hydrogen) atoms.